The zero-order valence-corrected chi connectivity index (χ0v) is 19.4. The molecular weight excluding hydrogens is 471 g/mol. The first kappa shape index (κ1) is 24.0. The largest absolute Gasteiger partial charge is 0.376 e. The van der Waals surface area contributed by atoms with E-state index in [0.717, 1.165) is 23.0 Å². The van der Waals surface area contributed by atoms with Crippen LogP contribution in [0.2, 0.25) is 0 Å². The molecule has 0 amide bonds. The fourth-order valence-corrected chi connectivity index (χ4v) is 3.92. The topological polar surface area (TPSA) is 46.9 Å². The predicted octanol–water partition coefficient (Wildman–Crippen LogP) is 6.12. The fraction of sp³-hybridized carbons (Fsp3) is 0.167. The number of aromatic nitrogens is 2. The predicted molar refractivity (Wildman–Crippen MR) is 121 cm³/mol. The van der Waals surface area contributed by atoms with Gasteiger partial charge in [0.2, 0.25) is 5.95 Å². The van der Waals surface area contributed by atoms with Gasteiger partial charge < -0.3 is 14.7 Å². The number of thioether (sulfide) groups is 1. The first-order chi connectivity index (χ1) is 14.9. The van der Waals surface area contributed by atoms with Crippen molar-refractivity contribution in [3.63, 3.8) is 0 Å². The van der Waals surface area contributed by atoms with E-state index in [2.05, 4.69) is 10.3 Å². The van der Waals surface area contributed by atoms with Gasteiger partial charge >= 0.3 is 0 Å². The van der Waals surface area contributed by atoms with E-state index in [4.69, 9.17) is 0 Å². The summed E-state index contributed by atoms with van der Waals surface area (Å²) in [5, 5.41) is 3.29. The molecule has 165 valence electrons. The van der Waals surface area contributed by atoms with Crippen LogP contribution >= 0.6 is 11.8 Å². The van der Waals surface area contributed by atoms with Crippen molar-refractivity contribution in [3.8, 4) is 0 Å². The molecule has 0 saturated heterocycles. The summed E-state index contributed by atoms with van der Waals surface area (Å²) in [7, 11) is 0. The Labute approximate surface area is 199 Å². The summed E-state index contributed by atoms with van der Waals surface area (Å²) in [6.07, 6.45) is 3.87. The molecule has 0 aliphatic heterocycles. The third kappa shape index (κ3) is 5.04. The Hall–Kier alpha value is -2.67. The normalized spacial score (nSPS) is 11.2. The second kappa shape index (κ2) is 9.86. The summed E-state index contributed by atoms with van der Waals surface area (Å²) in [6, 6.07) is 19.4. The summed E-state index contributed by atoms with van der Waals surface area (Å²) < 4.78 is 30.2. The second-order valence-corrected chi connectivity index (χ2v) is 8.11. The van der Waals surface area contributed by atoms with E-state index < -0.39 is 5.92 Å². The van der Waals surface area contributed by atoms with Crippen molar-refractivity contribution in [2.75, 3.05) is 11.6 Å². The summed E-state index contributed by atoms with van der Waals surface area (Å²) in [5.74, 6) is -2.46. The van der Waals surface area contributed by atoms with E-state index in [-0.39, 0.29) is 29.2 Å². The van der Waals surface area contributed by atoms with Gasteiger partial charge in [0.05, 0.1) is 12.8 Å². The van der Waals surface area contributed by atoms with Gasteiger partial charge in [-0.3, -0.25) is 0 Å². The van der Waals surface area contributed by atoms with Crippen LogP contribution in [-0.4, -0.2) is 22.1 Å². The van der Waals surface area contributed by atoms with Crippen molar-refractivity contribution < 1.29 is 30.6 Å². The van der Waals surface area contributed by atoms with Crippen LogP contribution in [0.3, 0.4) is 0 Å². The summed E-state index contributed by atoms with van der Waals surface area (Å²) >= 11 is 1.64. The van der Waals surface area contributed by atoms with Gasteiger partial charge in [-0.15, -0.1) is 23.4 Å². The molecule has 0 fully saturated rings. The molecule has 8 heteroatoms. The number of rotatable bonds is 7. The first-order valence-electron chi connectivity index (χ1n) is 9.65. The number of hydrogen-bond donors (Lipinski definition) is 1. The van der Waals surface area contributed by atoms with Crippen molar-refractivity contribution in [2.24, 2.45) is 0 Å². The SMILES string of the molecule is CSc1ccc(Nc2nc3cc([C-]=O)ccc3n2Cc2ccccc2C(C)(F)F)cc1.[Mn]. The zero-order valence-electron chi connectivity index (χ0n) is 17.4. The monoisotopic (exact) mass is 491 g/mol. The number of alkyl halides is 2. The average Bonchev–Trinajstić information content (AvgIpc) is 3.10. The van der Waals surface area contributed by atoms with E-state index in [1.165, 1.54) is 6.07 Å². The van der Waals surface area contributed by atoms with Crippen LogP contribution < -0.4 is 5.32 Å². The molecule has 0 atom stereocenters. The average molecular weight is 491 g/mol. The van der Waals surface area contributed by atoms with Gasteiger partial charge in [-0.25, -0.2) is 13.8 Å². The molecule has 1 N–H and O–H groups in total. The van der Waals surface area contributed by atoms with Crippen molar-refractivity contribution in [1.29, 1.82) is 0 Å². The first-order valence-corrected chi connectivity index (χ1v) is 10.9. The number of anilines is 2. The molecule has 0 aliphatic carbocycles. The number of imidazole rings is 1. The number of halogens is 2. The van der Waals surface area contributed by atoms with Gasteiger partial charge in [0.1, 0.15) is 0 Å². The Bertz CT molecular complexity index is 1240. The van der Waals surface area contributed by atoms with E-state index >= 15 is 0 Å². The molecule has 0 spiro atoms. The molecule has 0 bridgehead atoms. The minimum Gasteiger partial charge on any atom is -0.376 e. The number of nitrogens with one attached hydrogen (secondary N) is 1. The van der Waals surface area contributed by atoms with Crippen LogP contribution in [-0.2, 0) is 34.3 Å². The third-order valence-corrected chi connectivity index (χ3v) is 5.77. The number of carbonyl (C=O) groups excluding carboxylic acids is 1. The molecule has 0 aliphatic rings. The maximum absolute atomic E-state index is 14.2. The Morgan fingerprint density at radius 2 is 1.81 bits per heavy atom. The molecule has 1 aromatic heterocycles. The van der Waals surface area contributed by atoms with E-state index in [1.807, 2.05) is 41.4 Å². The maximum Gasteiger partial charge on any atom is 0.270 e. The minimum atomic E-state index is -2.96. The molecule has 1 radical (unpaired) electrons. The summed E-state index contributed by atoms with van der Waals surface area (Å²) in [4.78, 5) is 16.8. The van der Waals surface area contributed by atoms with Crippen molar-refractivity contribution in [2.45, 2.75) is 24.3 Å². The van der Waals surface area contributed by atoms with Crippen molar-refractivity contribution in [1.82, 2.24) is 9.55 Å². The van der Waals surface area contributed by atoms with Crippen molar-refractivity contribution >= 4 is 40.7 Å². The van der Waals surface area contributed by atoms with Crippen LogP contribution in [0.1, 0.15) is 23.6 Å². The summed E-state index contributed by atoms with van der Waals surface area (Å²) in [6.45, 7) is 1.10. The number of fused-ring (bicyclic) bond motifs is 1. The number of benzene rings is 3. The van der Waals surface area contributed by atoms with Gasteiger partial charge in [-0.05, 0) is 36.1 Å². The van der Waals surface area contributed by atoms with Gasteiger partial charge in [0.15, 0.2) is 0 Å². The van der Waals surface area contributed by atoms with Crippen LogP contribution in [0.5, 0.6) is 0 Å². The fourth-order valence-electron chi connectivity index (χ4n) is 3.51. The molecule has 32 heavy (non-hydrogen) atoms. The minimum absolute atomic E-state index is 0. The van der Waals surface area contributed by atoms with Gasteiger partial charge in [-0.2, -0.15) is 6.07 Å². The van der Waals surface area contributed by atoms with Crippen LogP contribution in [0.4, 0.5) is 20.4 Å². The quantitative estimate of drug-likeness (QED) is 0.192. The van der Waals surface area contributed by atoms with Gasteiger partial charge in [0, 0.05) is 51.2 Å². The Morgan fingerprint density at radius 3 is 2.47 bits per heavy atom. The standard InChI is InChI=1S/C24H20F2N3OS.Mn/c1-24(25,26)20-6-4-3-5-17(20)14-29-22-12-7-16(15-30)13-21(22)28-23(29)27-18-8-10-19(31-2)11-9-18;/h3-13H,14H2,1-2H3,(H,27,28);/q-1;. The zero-order chi connectivity index (χ0) is 22.0. The van der Waals surface area contributed by atoms with Crippen LogP contribution in [0.25, 0.3) is 11.0 Å². The smallest absolute Gasteiger partial charge is 0.270 e. The molecule has 4 nitrogen and oxygen atoms in total. The van der Waals surface area contributed by atoms with E-state index in [1.54, 1.807) is 48.2 Å². The maximum atomic E-state index is 14.2. The molecule has 3 aromatic carbocycles. The number of nitrogens with zero attached hydrogens (tertiary/aromatic N) is 2. The van der Waals surface area contributed by atoms with E-state index in [9.17, 15) is 13.6 Å². The Balaban J connectivity index is 0.00000289. The summed E-state index contributed by atoms with van der Waals surface area (Å²) in [5.41, 5.74) is 3.01. The van der Waals surface area contributed by atoms with E-state index in [0.29, 0.717) is 22.6 Å². The Kier molecular flexibility index (Phi) is 7.39. The van der Waals surface area contributed by atoms with Crippen LogP contribution in [0.15, 0.2) is 71.6 Å². The Morgan fingerprint density at radius 1 is 1.09 bits per heavy atom. The van der Waals surface area contributed by atoms with Gasteiger partial charge in [0.25, 0.3) is 5.92 Å². The van der Waals surface area contributed by atoms with Crippen molar-refractivity contribution in [3.05, 3.63) is 83.4 Å². The van der Waals surface area contributed by atoms with Gasteiger partial charge in [-0.1, -0.05) is 30.3 Å². The molecule has 4 aromatic rings. The van der Waals surface area contributed by atoms with Crippen LogP contribution in [0, 0.1) is 0 Å². The molecule has 0 unspecified atom stereocenters. The second-order valence-electron chi connectivity index (χ2n) is 7.23. The third-order valence-electron chi connectivity index (χ3n) is 5.03. The molecular formula is C24H20F2MnN3OS-. The molecule has 4 rings (SSSR count). The molecule has 0 saturated carbocycles. The number of hydrogen-bond acceptors (Lipinski definition) is 4. The molecule has 1 heterocycles.